The largest absolute Gasteiger partial charge is 1.00 e. The fourth-order valence-corrected chi connectivity index (χ4v) is 2.76. The van der Waals surface area contributed by atoms with Crippen LogP contribution in [0.1, 0.15) is 32.4 Å². The van der Waals surface area contributed by atoms with Gasteiger partial charge >= 0.3 is 18.9 Å². The molecular formula is C15H22LiNO3Si. The molecule has 0 spiro atoms. The molecular weight excluding hydrogens is 277 g/mol. The van der Waals surface area contributed by atoms with Crippen molar-refractivity contribution in [3.8, 4) is 5.75 Å². The number of ether oxygens (including phenoxy) is 1. The second-order valence-corrected chi connectivity index (χ2v) is 11.4. The summed E-state index contributed by atoms with van der Waals surface area (Å²) in [6.45, 7) is 11.4. The third-order valence-electron chi connectivity index (χ3n) is 4.07. The van der Waals surface area contributed by atoms with E-state index in [4.69, 9.17) is 9.16 Å². The molecule has 0 unspecified atom stereocenters. The van der Waals surface area contributed by atoms with E-state index in [9.17, 15) is 4.79 Å². The van der Waals surface area contributed by atoms with E-state index >= 15 is 0 Å². The van der Waals surface area contributed by atoms with Crippen molar-refractivity contribution in [2.45, 2.75) is 44.9 Å². The number of rotatable bonds is 3. The minimum absolute atomic E-state index is 0. The molecule has 1 fully saturated rings. The van der Waals surface area contributed by atoms with Crippen LogP contribution < -0.4 is 23.3 Å². The number of hydrogen-bond donors (Lipinski definition) is 0. The molecule has 4 nitrogen and oxygen atoms in total. The average molecular weight is 299 g/mol. The summed E-state index contributed by atoms with van der Waals surface area (Å²) in [4.78, 5) is 11.0. The summed E-state index contributed by atoms with van der Waals surface area (Å²) >= 11 is 0. The Balaban J connectivity index is 0.00000220. The summed E-state index contributed by atoms with van der Waals surface area (Å²) in [5, 5.41) is 4.08. The Morgan fingerprint density at radius 3 is 2.24 bits per heavy atom. The molecule has 6 heteroatoms. The van der Waals surface area contributed by atoms with Gasteiger partial charge in [-0.3, -0.25) is 4.79 Å². The normalized spacial score (nSPS) is 18.5. The maximum absolute atomic E-state index is 11.0. The molecule has 1 aromatic carbocycles. The number of nitrogens with zero attached hydrogens (tertiary/aromatic N) is 1. The Morgan fingerprint density at radius 1 is 1.24 bits per heavy atom. The van der Waals surface area contributed by atoms with E-state index in [2.05, 4.69) is 39.2 Å². The number of benzene rings is 1. The molecule has 1 atom stereocenters. The van der Waals surface area contributed by atoms with Gasteiger partial charge in [0.15, 0.2) is 0 Å². The van der Waals surface area contributed by atoms with Crippen LogP contribution in [0.5, 0.6) is 5.75 Å². The smallest absolute Gasteiger partial charge is 0.608 e. The van der Waals surface area contributed by atoms with Crippen molar-refractivity contribution >= 4 is 14.4 Å². The minimum Gasteiger partial charge on any atom is -0.608 e. The van der Waals surface area contributed by atoms with Crippen LogP contribution in [0, 0.1) is 0 Å². The fraction of sp³-hybridized carbons (Fsp3) is 0.533. The Morgan fingerprint density at radius 2 is 1.81 bits per heavy atom. The van der Waals surface area contributed by atoms with Crippen molar-refractivity contribution in [1.82, 2.24) is 0 Å². The van der Waals surface area contributed by atoms with Gasteiger partial charge in [0, 0.05) is 0 Å². The first-order chi connectivity index (χ1) is 9.19. The van der Waals surface area contributed by atoms with Gasteiger partial charge < -0.3 is 14.5 Å². The van der Waals surface area contributed by atoms with Crippen LogP contribution in [-0.2, 0) is 4.74 Å². The number of carbonyl (C=O) groups excluding carboxylic acids is 1. The maximum Gasteiger partial charge on any atom is 1.00 e. The van der Waals surface area contributed by atoms with E-state index in [0.717, 1.165) is 11.3 Å². The van der Waals surface area contributed by atoms with Gasteiger partial charge in [-0.05, 0) is 30.3 Å². The van der Waals surface area contributed by atoms with E-state index in [1.54, 1.807) is 0 Å². The van der Waals surface area contributed by atoms with Crippen LogP contribution >= 0.6 is 0 Å². The zero-order chi connectivity index (χ0) is 15.0. The number of cyclic esters (lactones) is 1. The van der Waals surface area contributed by atoms with Crippen molar-refractivity contribution in [2.24, 2.45) is 0 Å². The zero-order valence-corrected chi connectivity index (χ0v) is 14.8. The second kappa shape index (κ2) is 6.47. The number of amides is 1. The number of hydrogen-bond acceptors (Lipinski definition) is 3. The topological polar surface area (TPSA) is 49.6 Å². The Kier molecular flexibility index (Phi) is 5.60. The molecule has 0 bridgehead atoms. The van der Waals surface area contributed by atoms with Gasteiger partial charge in [-0.2, -0.15) is 0 Å². The molecule has 0 saturated carbocycles. The van der Waals surface area contributed by atoms with Crippen molar-refractivity contribution in [1.29, 1.82) is 0 Å². The van der Waals surface area contributed by atoms with E-state index in [1.807, 2.05) is 24.3 Å². The maximum atomic E-state index is 11.0. The molecule has 0 N–H and O–H groups in total. The monoisotopic (exact) mass is 299 g/mol. The van der Waals surface area contributed by atoms with Crippen LogP contribution in [0.2, 0.25) is 18.1 Å². The molecule has 1 amide bonds. The predicted molar refractivity (Wildman–Crippen MR) is 81.7 cm³/mol. The third-order valence-corrected chi connectivity index (χ3v) is 8.43. The van der Waals surface area contributed by atoms with Crippen LogP contribution in [0.25, 0.3) is 5.32 Å². The van der Waals surface area contributed by atoms with Crippen LogP contribution in [0.4, 0.5) is 4.79 Å². The molecule has 21 heavy (non-hydrogen) atoms. The van der Waals surface area contributed by atoms with E-state index in [0.29, 0.717) is 6.61 Å². The van der Waals surface area contributed by atoms with E-state index in [-0.39, 0.29) is 29.9 Å². The molecule has 110 valence electrons. The summed E-state index contributed by atoms with van der Waals surface area (Å²) < 4.78 is 11.1. The van der Waals surface area contributed by atoms with Crippen molar-refractivity contribution in [3.63, 3.8) is 0 Å². The molecule has 1 aromatic rings. The van der Waals surface area contributed by atoms with Gasteiger partial charge in [-0.1, -0.05) is 44.5 Å². The standard InChI is InChI=1S/C15H23NO3Si.Li/c1-15(2,3)20(4,5)19-12-8-6-11(7-9-12)13-10-18-14(17)16-13;/h6-9,13H,10H2,1-5H3,(H,16,17);/q;+1/p-1/t13-;/m0./s1. The summed E-state index contributed by atoms with van der Waals surface area (Å²) in [6, 6.07) is 7.64. The third kappa shape index (κ3) is 4.29. The Bertz CT molecular complexity index is 497. The molecule has 1 aliphatic heterocycles. The first-order valence-electron chi connectivity index (χ1n) is 6.86. The molecule has 1 aliphatic rings. The van der Waals surface area contributed by atoms with Gasteiger partial charge in [-0.25, -0.2) is 0 Å². The molecule has 0 aromatic heterocycles. The van der Waals surface area contributed by atoms with Gasteiger partial charge in [0.1, 0.15) is 5.75 Å². The number of carbonyl (C=O) groups is 1. The summed E-state index contributed by atoms with van der Waals surface area (Å²) in [6.07, 6.45) is -0.475. The molecule has 0 aliphatic carbocycles. The van der Waals surface area contributed by atoms with Gasteiger partial charge in [0.2, 0.25) is 14.4 Å². The Labute approximate surface area is 139 Å². The van der Waals surface area contributed by atoms with Gasteiger partial charge in [0.05, 0.1) is 6.61 Å². The summed E-state index contributed by atoms with van der Waals surface area (Å²) in [5.41, 5.74) is 0.985. The van der Waals surface area contributed by atoms with Gasteiger partial charge in [-0.15, -0.1) is 0 Å². The quantitative estimate of drug-likeness (QED) is 0.797. The average Bonchev–Trinajstić information content (AvgIpc) is 2.75. The first kappa shape index (κ1) is 18.2. The van der Waals surface area contributed by atoms with Crippen LogP contribution in [0.15, 0.2) is 24.3 Å². The van der Waals surface area contributed by atoms with Gasteiger partial charge in [0.25, 0.3) is 0 Å². The minimum atomic E-state index is -1.81. The van der Waals surface area contributed by atoms with Crippen LogP contribution in [-0.4, -0.2) is 21.0 Å². The van der Waals surface area contributed by atoms with E-state index < -0.39 is 14.4 Å². The predicted octanol–water partition coefficient (Wildman–Crippen LogP) is 1.64. The fourth-order valence-electron chi connectivity index (χ4n) is 1.73. The SMILES string of the molecule is CC(C)(C)[Si](C)(C)Oc1ccc([C@@H]2COC(=O)[N-]2)cc1.[Li+]. The molecule has 1 heterocycles. The Hall–Kier alpha value is -0.896. The summed E-state index contributed by atoms with van der Waals surface area (Å²) in [5.74, 6) is 0.880. The van der Waals surface area contributed by atoms with Crippen molar-refractivity contribution in [2.75, 3.05) is 6.61 Å². The van der Waals surface area contributed by atoms with Crippen LogP contribution in [0.3, 0.4) is 0 Å². The van der Waals surface area contributed by atoms with E-state index in [1.165, 1.54) is 0 Å². The van der Waals surface area contributed by atoms with Crippen molar-refractivity contribution < 1.29 is 32.8 Å². The molecule has 1 saturated heterocycles. The first-order valence-corrected chi connectivity index (χ1v) is 9.76. The van der Waals surface area contributed by atoms with Crippen molar-refractivity contribution in [3.05, 3.63) is 35.1 Å². The second-order valence-electron chi connectivity index (χ2n) is 6.65. The molecule has 2 rings (SSSR count). The zero-order valence-electron chi connectivity index (χ0n) is 13.8. The summed E-state index contributed by atoms with van der Waals surface area (Å²) in [7, 11) is -1.81. The molecule has 0 radical (unpaired) electrons.